The predicted octanol–water partition coefficient (Wildman–Crippen LogP) is 6.79. The van der Waals surface area contributed by atoms with E-state index in [-0.39, 0.29) is 0 Å². The van der Waals surface area contributed by atoms with Gasteiger partial charge in [0.1, 0.15) is 0 Å². The van der Waals surface area contributed by atoms with E-state index in [4.69, 9.17) is 0 Å². The van der Waals surface area contributed by atoms with Crippen LogP contribution in [0.2, 0.25) is 0 Å². The lowest BCUT2D eigenvalue weighted by atomic mass is 10.0. The first-order valence-electron chi connectivity index (χ1n) is 8.86. The van der Waals surface area contributed by atoms with Crippen LogP contribution in [0.1, 0.15) is 0 Å². The van der Waals surface area contributed by atoms with Crippen LogP contribution in [0.4, 0.5) is 11.4 Å². The standard InChI is InChI=1S/C25H21N/c1-26(24-16-8-14-22(18-24)20-10-4-2-5-11-20)25-17-9-15-23(19-25)21-12-6-3-7-13-21/h2-19H,1H3. The average Bonchev–Trinajstić information content (AvgIpc) is 2.75. The molecule has 1 nitrogen and oxygen atoms in total. The van der Waals surface area contributed by atoms with Gasteiger partial charge in [-0.2, -0.15) is 0 Å². The van der Waals surface area contributed by atoms with Crippen molar-refractivity contribution < 1.29 is 0 Å². The Labute approximate surface area is 155 Å². The molecule has 126 valence electrons. The van der Waals surface area contributed by atoms with Gasteiger partial charge in [0.15, 0.2) is 0 Å². The molecule has 0 aliphatic rings. The minimum Gasteiger partial charge on any atom is -0.345 e. The molecule has 1 heteroatoms. The van der Waals surface area contributed by atoms with Gasteiger partial charge in [0, 0.05) is 18.4 Å². The third-order valence-corrected chi connectivity index (χ3v) is 4.68. The van der Waals surface area contributed by atoms with Gasteiger partial charge in [-0.15, -0.1) is 0 Å². The highest BCUT2D eigenvalue weighted by Gasteiger charge is 2.07. The van der Waals surface area contributed by atoms with Crippen molar-refractivity contribution in [1.82, 2.24) is 0 Å². The number of nitrogens with zero attached hydrogens (tertiary/aromatic N) is 1. The van der Waals surface area contributed by atoms with Crippen molar-refractivity contribution in [3.63, 3.8) is 0 Å². The summed E-state index contributed by atoms with van der Waals surface area (Å²) in [7, 11) is 2.12. The van der Waals surface area contributed by atoms with E-state index in [0.717, 1.165) is 0 Å². The first kappa shape index (κ1) is 16.2. The highest BCUT2D eigenvalue weighted by molar-refractivity contribution is 5.75. The van der Waals surface area contributed by atoms with Gasteiger partial charge in [-0.1, -0.05) is 84.9 Å². The van der Waals surface area contributed by atoms with Crippen molar-refractivity contribution in [2.24, 2.45) is 0 Å². The Kier molecular flexibility index (Phi) is 4.53. The Morgan fingerprint density at radius 1 is 0.423 bits per heavy atom. The van der Waals surface area contributed by atoms with E-state index >= 15 is 0 Å². The summed E-state index contributed by atoms with van der Waals surface area (Å²) >= 11 is 0. The molecule has 0 saturated heterocycles. The van der Waals surface area contributed by atoms with Crippen molar-refractivity contribution in [2.75, 3.05) is 11.9 Å². The first-order chi connectivity index (χ1) is 12.8. The van der Waals surface area contributed by atoms with E-state index in [9.17, 15) is 0 Å². The lowest BCUT2D eigenvalue weighted by molar-refractivity contribution is 1.21. The minimum absolute atomic E-state index is 1.18. The van der Waals surface area contributed by atoms with E-state index < -0.39 is 0 Å². The van der Waals surface area contributed by atoms with E-state index in [0.29, 0.717) is 0 Å². The first-order valence-corrected chi connectivity index (χ1v) is 8.86. The van der Waals surface area contributed by atoms with Gasteiger partial charge in [-0.25, -0.2) is 0 Å². The normalized spacial score (nSPS) is 10.5. The van der Waals surface area contributed by atoms with Crippen LogP contribution in [0, 0.1) is 0 Å². The van der Waals surface area contributed by atoms with Crippen LogP contribution in [-0.2, 0) is 0 Å². The largest absolute Gasteiger partial charge is 0.345 e. The number of benzene rings is 4. The topological polar surface area (TPSA) is 3.24 Å². The maximum absolute atomic E-state index is 2.24. The van der Waals surface area contributed by atoms with E-state index in [1.807, 2.05) is 0 Å². The predicted molar refractivity (Wildman–Crippen MR) is 112 cm³/mol. The summed E-state index contributed by atoms with van der Waals surface area (Å²) in [6, 6.07) is 38.4. The van der Waals surface area contributed by atoms with Gasteiger partial charge in [0.2, 0.25) is 0 Å². The Hall–Kier alpha value is -3.32. The fraction of sp³-hybridized carbons (Fsp3) is 0.0400. The zero-order valence-electron chi connectivity index (χ0n) is 14.8. The molecule has 0 amide bonds. The second-order valence-electron chi connectivity index (χ2n) is 6.39. The Balaban J connectivity index is 1.67. The Morgan fingerprint density at radius 3 is 1.23 bits per heavy atom. The van der Waals surface area contributed by atoms with E-state index in [1.165, 1.54) is 33.6 Å². The molecule has 0 heterocycles. The molecule has 0 atom stereocenters. The third kappa shape index (κ3) is 3.38. The molecule has 0 saturated carbocycles. The quantitative estimate of drug-likeness (QED) is 0.397. The van der Waals surface area contributed by atoms with Gasteiger partial charge in [-0.05, 0) is 46.5 Å². The molecule has 4 rings (SSSR count). The van der Waals surface area contributed by atoms with Crippen molar-refractivity contribution >= 4 is 11.4 Å². The number of rotatable bonds is 4. The molecular formula is C25H21N. The molecule has 0 spiro atoms. The molecule has 0 aliphatic heterocycles. The lowest BCUT2D eigenvalue weighted by Crippen LogP contribution is -2.09. The van der Waals surface area contributed by atoms with Gasteiger partial charge in [0.05, 0.1) is 0 Å². The van der Waals surface area contributed by atoms with E-state index in [2.05, 4.69) is 121 Å². The number of hydrogen-bond acceptors (Lipinski definition) is 1. The van der Waals surface area contributed by atoms with Crippen LogP contribution in [0.15, 0.2) is 109 Å². The van der Waals surface area contributed by atoms with Crippen LogP contribution in [0.25, 0.3) is 22.3 Å². The molecule has 0 bridgehead atoms. The maximum Gasteiger partial charge on any atom is 0.0414 e. The van der Waals surface area contributed by atoms with Crippen molar-refractivity contribution in [3.8, 4) is 22.3 Å². The van der Waals surface area contributed by atoms with Gasteiger partial charge in [-0.3, -0.25) is 0 Å². The third-order valence-electron chi connectivity index (χ3n) is 4.68. The molecule has 0 fully saturated rings. The summed E-state index contributed by atoms with van der Waals surface area (Å²) in [4.78, 5) is 2.24. The summed E-state index contributed by atoms with van der Waals surface area (Å²) in [6.07, 6.45) is 0. The molecule has 4 aromatic carbocycles. The molecule has 0 N–H and O–H groups in total. The van der Waals surface area contributed by atoms with E-state index in [1.54, 1.807) is 0 Å². The molecular weight excluding hydrogens is 314 g/mol. The summed E-state index contributed by atoms with van der Waals surface area (Å²) in [5, 5.41) is 0. The molecule has 4 aromatic rings. The number of anilines is 2. The molecule has 26 heavy (non-hydrogen) atoms. The fourth-order valence-corrected chi connectivity index (χ4v) is 3.20. The molecule has 0 aromatic heterocycles. The van der Waals surface area contributed by atoms with Crippen LogP contribution in [0.5, 0.6) is 0 Å². The summed E-state index contributed by atoms with van der Waals surface area (Å²) < 4.78 is 0. The second-order valence-corrected chi connectivity index (χ2v) is 6.39. The maximum atomic E-state index is 2.24. The fourth-order valence-electron chi connectivity index (χ4n) is 3.20. The van der Waals surface area contributed by atoms with Crippen LogP contribution >= 0.6 is 0 Å². The molecule has 0 unspecified atom stereocenters. The van der Waals surface area contributed by atoms with Gasteiger partial charge >= 0.3 is 0 Å². The zero-order chi connectivity index (χ0) is 17.8. The van der Waals surface area contributed by atoms with Crippen molar-refractivity contribution in [3.05, 3.63) is 109 Å². The monoisotopic (exact) mass is 335 g/mol. The second kappa shape index (κ2) is 7.28. The smallest absolute Gasteiger partial charge is 0.0414 e. The van der Waals surface area contributed by atoms with Crippen molar-refractivity contribution in [1.29, 1.82) is 0 Å². The van der Waals surface area contributed by atoms with Gasteiger partial charge < -0.3 is 4.90 Å². The Morgan fingerprint density at radius 2 is 0.808 bits per heavy atom. The highest BCUT2D eigenvalue weighted by atomic mass is 15.1. The molecule has 0 radical (unpaired) electrons. The summed E-state index contributed by atoms with van der Waals surface area (Å²) in [6.45, 7) is 0. The SMILES string of the molecule is CN(c1cccc(-c2ccccc2)c1)c1cccc(-c2ccccc2)c1. The van der Waals surface area contributed by atoms with Crippen LogP contribution in [0.3, 0.4) is 0 Å². The Bertz CT molecular complexity index is 908. The summed E-state index contributed by atoms with van der Waals surface area (Å²) in [5.41, 5.74) is 7.29. The summed E-state index contributed by atoms with van der Waals surface area (Å²) in [5.74, 6) is 0. The van der Waals surface area contributed by atoms with Gasteiger partial charge in [0.25, 0.3) is 0 Å². The zero-order valence-corrected chi connectivity index (χ0v) is 14.8. The van der Waals surface area contributed by atoms with Crippen LogP contribution < -0.4 is 4.90 Å². The lowest BCUT2D eigenvalue weighted by Gasteiger charge is -2.21. The molecule has 0 aliphatic carbocycles. The minimum atomic E-state index is 1.18. The van der Waals surface area contributed by atoms with Crippen molar-refractivity contribution in [2.45, 2.75) is 0 Å². The highest BCUT2D eigenvalue weighted by Crippen LogP contribution is 2.31. The van der Waals surface area contributed by atoms with Crippen LogP contribution in [-0.4, -0.2) is 7.05 Å². The average molecular weight is 335 g/mol. The number of hydrogen-bond donors (Lipinski definition) is 0.